The van der Waals surface area contributed by atoms with Crippen LogP contribution in [0.4, 0.5) is 0 Å². The molecule has 4 rings (SSSR count). The summed E-state index contributed by atoms with van der Waals surface area (Å²) in [6, 6.07) is 30.8. The Morgan fingerprint density at radius 3 is 2.22 bits per heavy atom. The van der Waals surface area contributed by atoms with Crippen LogP contribution >= 0.6 is 0 Å². The van der Waals surface area contributed by atoms with Gasteiger partial charge in [-0.3, -0.25) is 0 Å². The van der Waals surface area contributed by atoms with Crippen molar-refractivity contribution < 1.29 is 0 Å². The van der Waals surface area contributed by atoms with E-state index in [1.54, 1.807) is 0 Å². The van der Waals surface area contributed by atoms with Crippen LogP contribution in [0.25, 0.3) is 11.8 Å². The first kappa shape index (κ1) is 17.4. The first-order chi connectivity index (χ1) is 13.3. The van der Waals surface area contributed by atoms with E-state index in [0.717, 1.165) is 6.42 Å². The number of benzene rings is 3. The Balaban J connectivity index is 1.89. The van der Waals surface area contributed by atoms with Crippen molar-refractivity contribution in [2.45, 2.75) is 25.4 Å². The molecule has 0 aromatic heterocycles. The molecule has 0 amide bonds. The van der Waals surface area contributed by atoms with E-state index in [1.807, 2.05) is 6.08 Å². The Morgan fingerprint density at radius 1 is 0.889 bits per heavy atom. The second-order valence-corrected chi connectivity index (χ2v) is 7.06. The van der Waals surface area contributed by atoms with Gasteiger partial charge < -0.3 is 4.90 Å². The van der Waals surface area contributed by atoms with E-state index < -0.39 is 0 Å². The molecule has 1 unspecified atom stereocenters. The van der Waals surface area contributed by atoms with Crippen LogP contribution in [0.1, 0.15) is 47.7 Å². The van der Waals surface area contributed by atoms with Crippen LogP contribution in [0.5, 0.6) is 0 Å². The standard InChI is InChI=1S/C26H25N/c1-3-12-25-24-18-11-10-17-23(24)19-26(22-15-8-5-9-16-22)27(25)20(2)21-13-6-4-7-14-21/h3-11,13-20,25H,1,12H2,2H3/t20-,25?/m1/s1. The summed E-state index contributed by atoms with van der Waals surface area (Å²) >= 11 is 0. The smallest absolute Gasteiger partial charge is 0.0589 e. The normalized spacial score (nSPS) is 17.0. The van der Waals surface area contributed by atoms with Crippen molar-refractivity contribution in [3.63, 3.8) is 0 Å². The first-order valence-corrected chi connectivity index (χ1v) is 9.60. The molecule has 0 N–H and O–H groups in total. The van der Waals surface area contributed by atoms with E-state index in [9.17, 15) is 0 Å². The largest absolute Gasteiger partial charge is 0.357 e. The fourth-order valence-corrected chi connectivity index (χ4v) is 4.10. The summed E-state index contributed by atoms with van der Waals surface area (Å²) < 4.78 is 0. The Hall–Kier alpha value is -3.06. The summed E-state index contributed by atoms with van der Waals surface area (Å²) in [5.41, 5.74) is 6.54. The predicted octanol–water partition coefficient (Wildman–Crippen LogP) is 6.88. The van der Waals surface area contributed by atoms with Crippen LogP contribution in [-0.4, -0.2) is 4.90 Å². The van der Waals surface area contributed by atoms with Crippen molar-refractivity contribution in [1.82, 2.24) is 4.90 Å². The summed E-state index contributed by atoms with van der Waals surface area (Å²) in [6.07, 6.45) is 5.29. The molecule has 1 heterocycles. The molecule has 0 aliphatic carbocycles. The van der Waals surface area contributed by atoms with Gasteiger partial charge in [0.25, 0.3) is 0 Å². The SMILES string of the molecule is C=CCC1c2ccccc2C=C(c2ccccc2)N1[C@H](C)c1ccccc1. The second kappa shape index (κ2) is 7.67. The maximum atomic E-state index is 4.05. The van der Waals surface area contributed by atoms with Crippen LogP contribution in [-0.2, 0) is 0 Å². The molecule has 0 radical (unpaired) electrons. The topological polar surface area (TPSA) is 3.24 Å². The molecule has 0 saturated heterocycles. The van der Waals surface area contributed by atoms with Gasteiger partial charge in [-0.05, 0) is 41.7 Å². The molecular weight excluding hydrogens is 326 g/mol. The minimum atomic E-state index is 0.260. The van der Waals surface area contributed by atoms with Crippen molar-refractivity contribution in [1.29, 1.82) is 0 Å². The highest BCUT2D eigenvalue weighted by Crippen LogP contribution is 2.45. The molecule has 0 bridgehead atoms. The Kier molecular flexibility index (Phi) is 4.93. The van der Waals surface area contributed by atoms with Gasteiger partial charge in [0.1, 0.15) is 0 Å². The monoisotopic (exact) mass is 351 g/mol. The zero-order valence-electron chi connectivity index (χ0n) is 15.8. The van der Waals surface area contributed by atoms with E-state index in [4.69, 9.17) is 0 Å². The fourth-order valence-electron chi connectivity index (χ4n) is 4.10. The van der Waals surface area contributed by atoms with Gasteiger partial charge in [0.15, 0.2) is 0 Å². The molecule has 1 aliphatic rings. The van der Waals surface area contributed by atoms with Gasteiger partial charge >= 0.3 is 0 Å². The lowest BCUT2D eigenvalue weighted by molar-refractivity contribution is 0.234. The molecule has 3 aromatic carbocycles. The van der Waals surface area contributed by atoms with Crippen LogP contribution in [0.2, 0.25) is 0 Å². The third-order valence-corrected chi connectivity index (χ3v) is 5.42. The summed E-state index contributed by atoms with van der Waals surface area (Å²) in [6.45, 7) is 6.35. The van der Waals surface area contributed by atoms with Crippen molar-refractivity contribution in [2.24, 2.45) is 0 Å². The molecule has 0 saturated carbocycles. The second-order valence-electron chi connectivity index (χ2n) is 7.06. The van der Waals surface area contributed by atoms with Gasteiger partial charge in [-0.25, -0.2) is 0 Å². The lowest BCUT2D eigenvalue weighted by Crippen LogP contribution is -2.32. The molecule has 0 fully saturated rings. The van der Waals surface area contributed by atoms with Crippen LogP contribution in [0.3, 0.4) is 0 Å². The van der Waals surface area contributed by atoms with Crippen LogP contribution in [0, 0.1) is 0 Å². The summed E-state index contributed by atoms with van der Waals surface area (Å²) in [5, 5.41) is 0. The van der Waals surface area contributed by atoms with E-state index >= 15 is 0 Å². The van der Waals surface area contributed by atoms with Crippen LogP contribution < -0.4 is 0 Å². The lowest BCUT2D eigenvalue weighted by Gasteiger charge is -2.43. The van der Waals surface area contributed by atoms with Crippen molar-refractivity contribution in [3.8, 4) is 0 Å². The molecule has 3 aromatic rings. The highest BCUT2D eigenvalue weighted by Gasteiger charge is 2.32. The molecule has 1 nitrogen and oxygen atoms in total. The van der Waals surface area contributed by atoms with Gasteiger partial charge in [0.2, 0.25) is 0 Å². The van der Waals surface area contributed by atoms with Crippen molar-refractivity contribution in [3.05, 3.63) is 120 Å². The Bertz CT molecular complexity index is 940. The minimum Gasteiger partial charge on any atom is -0.357 e. The van der Waals surface area contributed by atoms with Gasteiger partial charge in [-0.15, -0.1) is 6.58 Å². The average Bonchev–Trinajstić information content (AvgIpc) is 2.74. The zero-order valence-corrected chi connectivity index (χ0v) is 15.8. The molecule has 1 heteroatoms. The maximum Gasteiger partial charge on any atom is 0.0589 e. The fraction of sp³-hybridized carbons (Fsp3) is 0.154. The third kappa shape index (κ3) is 3.33. The highest BCUT2D eigenvalue weighted by molar-refractivity contribution is 5.84. The van der Waals surface area contributed by atoms with E-state index in [1.165, 1.54) is 28.0 Å². The molecule has 134 valence electrons. The molecule has 27 heavy (non-hydrogen) atoms. The highest BCUT2D eigenvalue weighted by atomic mass is 15.2. The van der Waals surface area contributed by atoms with Gasteiger partial charge in [-0.2, -0.15) is 0 Å². The Labute approximate surface area is 162 Å². The number of hydrogen-bond acceptors (Lipinski definition) is 1. The van der Waals surface area contributed by atoms with Gasteiger partial charge in [-0.1, -0.05) is 91.0 Å². The first-order valence-electron chi connectivity index (χ1n) is 9.60. The summed E-state index contributed by atoms with van der Waals surface area (Å²) in [7, 11) is 0. The predicted molar refractivity (Wildman–Crippen MR) is 115 cm³/mol. The molecule has 2 atom stereocenters. The van der Waals surface area contributed by atoms with Crippen LogP contribution in [0.15, 0.2) is 97.6 Å². The minimum absolute atomic E-state index is 0.260. The Morgan fingerprint density at radius 2 is 1.52 bits per heavy atom. The molecule has 1 aliphatic heterocycles. The van der Waals surface area contributed by atoms with E-state index in [2.05, 4.69) is 109 Å². The third-order valence-electron chi connectivity index (χ3n) is 5.42. The molecular formula is C26H25N. The average molecular weight is 351 g/mol. The molecule has 0 spiro atoms. The van der Waals surface area contributed by atoms with E-state index in [0.29, 0.717) is 0 Å². The zero-order chi connectivity index (χ0) is 18.6. The van der Waals surface area contributed by atoms with Gasteiger partial charge in [0.05, 0.1) is 12.1 Å². The summed E-state index contributed by atoms with van der Waals surface area (Å²) in [5.74, 6) is 0. The lowest BCUT2D eigenvalue weighted by atomic mass is 9.87. The number of hydrogen-bond donors (Lipinski definition) is 0. The number of rotatable bonds is 5. The maximum absolute atomic E-state index is 4.05. The quantitative estimate of drug-likeness (QED) is 0.453. The number of fused-ring (bicyclic) bond motifs is 1. The summed E-state index contributed by atoms with van der Waals surface area (Å²) in [4.78, 5) is 2.56. The van der Waals surface area contributed by atoms with Gasteiger partial charge in [0, 0.05) is 5.70 Å². The van der Waals surface area contributed by atoms with Crippen molar-refractivity contribution >= 4 is 11.8 Å². The van der Waals surface area contributed by atoms with Crippen molar-refractivity contribution in [2.75, 3.05) is 0 Å². The number of nitrogens with zero attached hydrogens (tertiary/aromatic N) is 1. The van der Waals surface area contributed by atoms with E-state index in [-0.39, 0.29) is 12.1 Å².